The minimum Gasteiger partial charge on any atom is -0.354 e. The largest absolute Gasteiger partial charge is 0.354 e. The molecule has 4 aromatic rings. The van der Waals surface area contributed by atoms with E-state index in [-0.39, 0.29) is 17.6 Å². The van der Waals surface area contributed by atoms with E-state index in [0.29, 0.717) is 45.6 Å². The van der Waals surface area contributed by atoms with Crippen molar-refractivity contribution in [2.24, 2.45) is 0 Å². The minimum absolute atomic E-state index is 0.0476. The molecule has 0 radical (unpaired) electrons. The maximum absolute atomic E-state index is 13.5. The van der Waals surface area contributed by atoms with E-state index < -0.39 is 0 Å². The molecule has 1 saturated heterocycles. The Labute approximate surface area is 209 Å². The summed E-state index contributed by atoms with van der Waals surface area (Å²) in [5, 5.41) is 3.99. The van der Waals surface area contributed by atoms with Crippen molar-refractivity contribution in [3.05, 3.63) is 90.2 Å². The molecule has 0 atom stereocenters. The van der Waals surface area contributed by atoms with E-state index in [1.807, 2.05) is 53.4 Å². The number of rotatable bonds is 7. The highest BCUT2D eigenvalue weighted by Crippen LogP contribution is 2.31. The number of anilines is 1. The number of H-pyrrole nitrogens is 1. The molecule has 2 amide bonds. The van der Waals surface area contributed by atoms with Gasteiger partial charge in [0.2, 0.25) is 11.8 Å². The zero-order chi connectivity index (χ0) is 24.9. The van der Waals surface area contributed by atoms with Crippen molar-refractivity contribution in [2.75, 3.05) is 38.0 Å². The Hall–Kier alpha value is -3.97. The molecule has 2 N–H and O–H groups in total. The maximum Gasteiger partial charge on any atom is 0.238 e. The van der Waals surface area contributed by atoms with Crippen LogP contribution in [0, 0.1) is 5.82 Å². The van der Waals surface area contributed by atoms with Crippen LogP contribution < -0.4 is 5.32 Å². The number of nitrogens with zero attached hydrogens (tertiary/aromatic N) is 2. The van der Waals surface area contributed by atoms with Crippen LogP contribution >= 0.6 is 0 Å². The number of carbonyl (C=O) groups excluding carboxylic acids is 2. The lowest BCUT2D eigenvalue weighted by Crippen LogP contribution is -2.50. The van der Waals surface area contributed by atoms with Crippen LogP contribution in [0.2, 0.25) is 0 Å². The number of benzene rings is 3. The molecule has 3 aromatic carbocycles. The zero-order valence-corrected chi connectivity index (χ0v) is 20.0. The Morgan fingerprint density at radius 1 is 0.861 bits per heavy atom. The first kappa shape index (κ1) is 23.8. The number of hydrogen-bond donors (Lipinski definition) is 2. The summed E-state index contributed by atoms with van der Waals surface area (Å²) in [6.45, 7) is 2.86. The smallest absolute Gasteiger partial charge is 0.238 e. The van der Waals surface area contributed by atoms with Crippen molar-refractivity contribution in [1.82, 2.24) is 14.8 Å². The summed E-state index contributed by atoms with van der Waals surface area (Å²) >= 11 is 0. The number of aryl methyl sites for hydroxylation is 1. The third-order valence-corrected chi connectivity index (χ3v) is 6.69. The van der Waals surface area contributed by atoms with Gasteiger partial charge in [0.25, 0.3) is 0 Å². The van der Waals surface area contributed by atoms with Gasteiger partial charge in [-0.05, 0) is 60.0 Å². The first-order valence-electron chi connectivity index (χ1n) is 12.3. The van der Waals surface area contributed by atoms with Gasteiger partial charge in [-0.1, -0.05) is 36.4 Å². The van der Waals surface area contributed by atoms with Crippen LogP contribution in [0.4, 0.5) is 10.1 Å². The van der Waals surface area contributed by atoms with E-state index in [9.17, 15) is 14.0 Å². The molecule has 1 aliphatic heterocycles. The number of carbonyl (C=O) groups is 2. The van der Waals surface area contributed by atoms with Gasteiger partial charge in [-0.2, -0.15) is 0 Å². The van der Waals surface area contributed by atoms with E-state index >= 15 is 0 Å². The van der Waals surface area contributed by atoms with E-state index in [1.54, 1.807) is 12.1 Å². The maximum atomic E-state index is 13.5. The number of nitrogens with one attached hydrogen (secondary N) is 2. The average Bonchev–Trinajstić information content (AvgIpc) is 3.27. The highest BCUT2D eigenvalue weighted by atomic mass is 19.1. The lowest BCUT2D eigenvalue weighted by atomic mass is 10.0. The molecule has 1 aromatic heterocycles. The second kappa shape index (κ2) is 10.7. The summed E-state index contributed by atoms with van der Waals surface area (Å²) in [6.07, 6.45) is 0.986. The van der Waals surface area contributed by atoms with E-state index in [0.717, 1.165) is 33.4 Å². The molecule has 0 aliphatic carbocycles. The fourth-order valence-electron chi connectivity index (χ4n) is 4.79. The molecule has 36 heavy (non-hydrogen) atoms. The van der Waals surface area contributed by atoms with E-state index in [2.05, 4.69) is 21.3 Å². The van der Waals surface area contributed by atoms with Crippen molar-refractivity contribution in [3.8, 4) is 11.3 Å². The van der Waals surface area contributed by atoms with Gasteiger partial charge in [-0.3, -0.25) is 14.5 Å². The van der Waals surface area contributed by atoms with Gasteiger partial charge in [0, 0.05) is 54.9 Å². The molecule has 7 heteroatoms. The summed E-state index contributed by atoms with van der Waals surface area (Å²) in [5.74, 6) is -0.212. The number of fused-ring (bicyclic) bond motifs is 1. The number of aromatic nitrogens is 1. The second-order valence-electron chi connectivity index (χ2n) is 9.10. The van der Waals surface area contributed by atoms with Crippen LogP contribution in [0.5, 0.6) is 0 Å². The fourth-order valence-corrected chi connectivity index (χ4v) is 4.79. The van der Waals surface area contributed by atoms with Gasteiger partial charge in [-0.15, -0.1) is 0 Å². The average molecular weight is 485 g/mol. The molecular weight excluding hydrogens is 455 g/mol. The van der Waals surface area contributed by atoms with Gasteiger partial charge in [0.05, 0.1) is 6.54 Å². The summed E-state index contributed by atoms with van der Waals surface area (Å²) in [6, 6.07) is 23.9. The summed E-state index contributed by atoms with van der Waals surface area (Å²) < 4.78 is 13.5. The number of para-hydroxylation sites is 2. The quantitative estimate of drug-likeness (QED) is 0.400. The third-order valence-electron chi connectivity index (χ3n) is 6.69. The molecular formula is C29H29FN4O2. The normalized spacial score (nSPS) is 14.2. The summed E-state index contributed by atoms with van der Waals surface area (Å²) in [4.78, 5) is 32.8. The predicted molar refractivity (Wildman–Crippen MR) is 140 cm³/mol. The first-order valence-corrected chi connectivity index (χ1v) is 12.3. The topological polar surface area (TPSA) is 68.4 Å². The van der Waals surface area contributed by atoms with Crippen LogP contribution in [0.3, 0.4) is 0 Å². The van der Waals surface area contributed by atoms with Crippen LogP contribution in [0.25, 0.3) is 22.2 Å². The lowest BCUT2D eigenvalue weighted by Gasteiger charge is -2.34. The molecule has 1 fully saturated rings. The standard InChI is InChI=1S/C29H29FN4O2/c30-22-12-10-21(11-13-22)29-25(24-8-4-5-9-26(24)32-29)14-15-28(36)34-18-16-33(17-19-34)20-27(35)31-23-6-2-1-3-7-23/h1-13,32H,14-20H2,(H,31,35). The predicted octanol–water partition coefficient (Wildman–Crippen LogP) is 4.69. The molecule has 5 rings (SSSR count). The number of amides is 2. The Morgan fingerprint density at radius 3 is 2.31 bits per heavy atom. The Morgan fingerprint density at radius 2 is 1.56 bits per heavy atom. The van der Waals surface area contributed by atoms with E-state index in [4.69, 9.17) is 0 Å². The van der Waals surface area contributed by atoms with Gasteiger partial charge < -0.3 is 15.2 Å². The van der Waals surface area contributed by atoms with Crippen LogP contribution in [0.15, 0.2) is 78.9 Å². The second-order valence-corrected chi connectivity index (χ2v) is 9.10. The number of hydrogen-bond acceptors (Lipinski definition) is 3. The molecule has 0 bridgehead atoms. The van der Waals surface area contributed by atoms with Crippen molar-refractivity contribution in [1.29, 1.82) is 0 Å². The fraction of sp³-hybridized carbons (Fsp3) is 0.241. The third kappa shape index (κ3) is 5.47. The van der Waals surface area contributed by atoms with Crippen LogP contribution in [0.1, 0.15) is 12.0 Å². The molecule has 6 nitrogen and oxygen atoms in total. The van der Waals surface area contributed by atoms with Crippen LogP contribution in [-0.4, -0.2) is 59.3 Å². The van der Waals surface area contributed by atoms with Crippen molar-refractivity contribution in [2.45, 2.75) is 12.8 Å². The summed E-state index contributed by atoms with van der Waals surface area (Å²) in [5.41, 5.74) is 4.69. The van der Waals surface area contributed by atoms with Gasteiger partial charge in [0.15, 0.2) is 0 Å². The Bertz CT molecular complexity index is 1340. The molecule has 1 aliphatic rings. The zero-order valence-electron chi connectivity index (χ0n) is 20.0. The monoisotopic (exact) mass is 484 g/mol. The SMILES string of the molecule is O=C(CN1CCN(C(=O)CCc2c(-c3ccc(F)cc3)[nH]c3ccccc23)CC1)Nc1ccccc1. The molecule has 2 heterocycles. The number of piperazine rings is 1. The number of halogens is 1. The molecule has 0 unspecified atom stereocenters. The molecule has 0 saturated carbocycles. The van der Waals surface area contributed by atoms with Crippen LogP contribution in [-0.2, 0) is 16.0 Å². The van der Waals surface area contributed by atoms with Crippen molar-refractivity contribution < 1.29 is 14.0 Å². The highest BCUT2D eigenvalue weighted by Gasteiger charge is 2.23. The van der Waals surface area contributed by atoms with Gasteiger partial charge in [0.1, 0.15) is 5.82 Å². The highest BCUT2D eigenvalue weighted by molar-refractivity contribution is 5.92. The molecule has 184 valence electrons. The Kier molecular flexibility index (Phi) is 7.09. The van der Waals surface area contributed by atoms with E-state index in [1.165, 1.54) is 12.1 Å². The number of aromatic amines is 1. The van der Waals surface area contributed by atoms with Gasteiger partial charge in [-0.25, -0.2) is 4.39 Å². The minimum atomic E-state index is -0.275. The lowest BCUT2D eigenvalue weighted by molar-refractivity contribution is -0.133. The van der Waals surface area contributed by atoms with Crippen molar-refractivity contribution in [3.63, 3.8) is 0 Å². The molecule has 0 spiro atoms. The van der Waals surface area contributed by atoms with Crippen molar-refractivity contribution >= 4 is 28.4 Å². The Balaban J connectivity index is 1.18. The first-order chi connectivity index (χ1) is 17.6. The van der Waals surface area contributed by atoms with Gasteiger partial charge >= 0.3 is 0 Å². The summed E-state index contributed by atoms with van der Waals surface area (Å²) in [7, 11) is 0.